The summed E-state index contributed by atoms with van der Waals surface area (Å²) in [6.45, 7) is 8.58. The molecule has 3 aliphatic rings. The number of ketones is 1. The lowest BCUT2D eigenvalue weighted by Gasteiger charge is -2.37. The molecule has 0 amide bonds. The lowest BCUT2D eigenvalue weighted by molar-refractivity contribution is -0.151. The molecule has 1 aliphatic heterocycles. The van der Waals surface area contributed by atoms with E-state index in [1.807, 2.05) is 73.7 Å². The Labute approximate surface area is 214 Å². The number of esters is 1. The van der Waals surface area contributed by atoms with Crippen LogP contribution in [0.15, 0.2) is 77.5 Å². The van der Waals surface area contributed by atoms with Crippen molar-refractivity contribution >= 4 is 23.5 Å². The largest absolute Gasteiger partial charge is 0.459 e. The first-order valence-corrected chi connectivity index (χ1v) is 13.2. The van der Waals surface area contributed by atoms with Crippen molar-refractivity contribution in [2.24, 2.45) is 23.7 Å². The summed E-state index contributed by atoms with van der Waals surface area (Å²) in [6, 6.07) is 17.6. The fourth-order valence-corrected chi connectivity index (χ4v) is 6.06. The molecule has 0 radical (unpaired) electrons. The molecule has 0 spiro atoms. The topological polar surface area (TPSA) is 55.4 Å². The molecule has 1 saturated carbocycles. The molecule has 4 atom stereocenters. The second kappa shape index (κ2) is 9.93. The maximum atomic E-state index is 13.9. The van der Waals surface area contributed by atoms with Gasteiger partial charge in [-0.25, -0.2) is 4.79 Å². The van der Waals surface area contributed by atoms with Crippen molar-refractivity contribution in [3.05, 3.63) is 94.2 Å². The number of allylic oxidation sites excluding steroid dienone is 3. The summed E-state index contributed by atoms with van der Waals surface area (Å²) in [5.41, 5.74) is 5.29. The summed E-state index contributed by atoms with van der Waals surface area (Å²) in [5.74, 6) is 0.512. The van der Waals surface area contributed by atoms with Gasteiger partial charge in [0.15, 0.2) is 5.78 Å². The molecule has 4 nitrogen and oxygen atoms in total. The van der Waals surface area contributed by atoms with Crippen LogP contribution in [0.3, 0.4) is 0 Å². The van der Waals surface area contributed by atoms with Crippen LogP contribution in [0, 0.1) is 23.7 Å². The van der Waals surface area contributed by atoms with E-state index in [1.165, 1.54) is 6.42 Å². The van der Waals surface area contributed by atoms with Gasteiger partial charge in [0.1, 0.15) is 6.10 Å². The number of Topliss-reactive ketones (excluding diaryl/α,β-unsaturated/α-hetero) is 1. The average Bonchev–Trinajstić information content (AvgIpc) is 3.14. The first kappa shape index (κ1) is 24.3. The van der Waals surface area contributed by atoms with Crippen molar-refractivity contribution in [1.82, 2.24) is 5.32 Å². The maximum Gasteiger partial charge on any atom is 0.337 e. The third-order valence-electron chi connectivity index (χ3n) is 8.01. The van der Waals surface area contributed by atoms with Crippen molar-refractivity contribution in [2.45, 2.75) is 53.1 Å². The van der Waals surface area contributed by atoms with Crippen molar-refractivity contribution in [2.75, 3.05) is 0 Å². The standard InChI is InChI=1S/C32H35NO3/c1-19(2)23-16-14-20(3)18-27(23)36-32(35)28-21(4)33-30-24-12-8-9-13-25(24)31(34)29(30)26(28)17-15-22-10-6-5-7-11-22/h5-13,15,17,19-20,23,26-27,33H,14,16,18H2,1-4H3/b17-15+/t20-,23+,26+,27-/m1/s1. The minimum Gasteiger partial charge on any atom is -0.459 e. The summed E-state index contributed by atoms with van der Waals surface area (Å²) >= 11 is 0. The van der Waals surface area contributed by atoms with Gasteiger partial charge in [-0.1, -0.05) is 93.9 Å². The van der Waals surface area contributed by atoms with Crippen molar-refractivity contribution in [3.8, 4) is 0 Å². The second-order valence-electron chi connectivity index (χ2n) is 10.8. The Kier molecular flexibility index (Phi) is 6.70. The fraction of sp³-hybridized carbons (Fsp3) is 0.375. The molecule has 2 aromatic carbocycles. The van der Waals surface area contributed by atoms with Crippen molar-refractivity contribution in [1.29, 1.82) is 0 Å². The van der Waals surface area contributed by atoms with Gasteiger partial charge in [0.05, 0.1) is 11.3 Å². The first-order chi connectivity index (χ1) is 17.3. The molecule has 5 rings (SSSR count). The van der Waals surface area contributed by atoms with Crippen LogP contribution in [0.1, 0.15) is 68.4 Å². The zero-order valence-electron chi connectivity index (χ0n) is 21.6. The zero-order valence-corrected chi connectivity index (χ0v) is 21.6. The van der Waals surface area contributed by atoms with Gasteiger partial charge in [-0.2, -0.15) is 0 Å². The number of hydrogen-bond acceptors (Lipinski definition) is 4. The van der Waals surface area contributed by atoms with Gasteiger partial charge >= 0.3 is 5.97 Å². The highest BCUT2D eigenvalue weighted by Gasteiger charge is 2.42. The number of carbonyl (C=O) groups is 2. The summed E-state index contributed by atoms with van der Waals surface area (Å²) in [4.78, 5) is 27.4. The summed E-state index contributed by atoms with van der Waals surface area (Å²) in [5, 5.41) is 3.41. The number of fused-ring (bicyclic) bond motifs is 2. The van der Waals surface area contributed by atoms with Gasteiger partial charge in [0.2, 0.25) is 0 Å². The van der Waals surface area contributed by atoms with Gasteiger partial charge in [-0.05, 0) is 43.1 Å². The lowest BCUT2D eigenvalue weighted by atomic mass is 9.75. The minimum atomic E-state index is -0.479. The molecule has 36 heavy (non-hydrogen) atoms. The molecule has 0 bridgehead atoms. The van der Waals surface area contributed by atoms with E-state index in [0.717, 1.165) is 35.4 Å². The van der Waals surface area contributed by atoms with Crippen LogP contribution in [0.2, 0.25) is 0 Å². The number of carbonyl (C=O) groups excluding carboxylic acids is 2. The van der Waals surface area contributed by atoms with Gasteiger partial charge in [-0.3, -0.25) is 4.79 Å². The molecular formula is C32H35NO3. The Hall–Kier alpha value is -3.40. The van der Waals surface area contributed by atoms with Crippen molar-refractivity contribution < 1.29 is 14.3 Å². The van der Waals surface area contributed by atoms with Crippen LogP contribution in [0.4, 0.5) is 0 Å². The Morgan fingerprint density at radius 3 is 2.44 bits per heavy atom. The third-order valence-corrected chi connectivity index (χ3v) is 8.01. The number of dihydropyridines is 1. The monoisotopic (exact) mass is 481 g/mol. The summed E-state index contributed by atoms with van der Waals surface area (Å²) in [6.07, 6.45) is 7.01. The number of rotatable bonds is 5. The minimum absolute atomic E-state index is 0.0278. The molecule has 4 heteroatoms. The van der Waals surface area contributed by atoms with E-state index in [-0.39, 0.29) is 17.9 Å². The molecular weight excluding hydrogens is 446 g/mol. The Morgan fingerprint density at radius 1 is 1.03 bits per heavy atom. The normalized spacial score (nSPS) is 25.8. The number of benzene rings is 2. The highest BCUT2D eigenvalue weighted by Crippen LogP contribution is 2.44. The molecule has 1 heterocycles. The van der Waals surface area contributed by atoms with E-state index in [2.05, 4.69) is 26.1 Å². The van der Waals surface area contributed by atoms with Gasteiger partial charge in [-0.15, -0.1) is 0 Å². The fourth-order valence-electron chi connectivity index (χ4n) is 6.06. The quantitative estimate of drug-likeness (QED) is 0.477. The van der Waals surface area contributed by atoms with Crippen molar-refractivity contribution in [3.63, 3.8) is 0 Å². The third kappa shape index (κ3) is 4.45. The summed E-state index contributed by atoms with van der Waals surface area (Å²) < 4.78 is 6.28. The van der Waals surface area contributed by atoms with Crippen LogP contribution < -0.4 is 5.32 Å². The first-order valence-electron chi connectivity index (χ1n) is 13.2. The molecule has 0 saturated heterocycles. The van der Waals surface area contributed by atoms with Crippen LogP contribution in [0.5, 0.6) is 0 Å². The lowest BCUT2D eigenvalue weighted by Crippen LogP contribution is -2.38. The molecule has 0 unspecified atom stereocenters. The van der Waals surface area contributed by atoms with Crippen LogP contribution in [-0.2, 0) is 9.53 Å². The molecule has 0 aromatic heterocycles. The van der Waals surface area contributed by atoms with E-state index in [9.17, 15) is 9.59 Å². The maximum absolute atomic E-state index is 13.9. The van der Waals surface area contributed by atoms with Gasteiger partial charge < -0.3 is 10.1 Å². The highest BCUT2D eigenvalue weighted by molar-refractivity contribution is 6.22. The smallest absolute Gasteiger partial charge is 0.337 e. The van der Waals surface area contributed by atoms with Crippen LogP contribution in [0.25, 0.3) is 11.8 Å². The molecule has 2 aliphatic carbocycles. The van der Waals surface area contributed by atoms with Gasteiger partial charge in [0.25, 0.3) is 0 Å². The van der Waals surface area contributed by atoms with Gasteiger partial charge in [0, 0.05) is 28.3 Å². The Bertz CT molecular complexity index is 1270. The van der Waals surface area contributed by atoms with E-state index < -0.39 is 5.92 Å². The molecule has 1 N–H and O–H groups in total. The van der Waals surface area contributed by atoms with E-state index >= 15 is 0 Å². The zero-order chi connectivity index (χ0) is 25.4. The van der Waals surface area contributed by atoms with Crippen LogP contribution >= 0.6 is 0 Å². The highest BCUT2D eigenvalue weighted by atomic mass is 16.5. The summed E-state index contributed by atoms with van der Waals surface area (Å²) in [7, 11) is 0. The SMILES string of the molecule is CC1=C(C(=O)O[C@@H]2C[C@H](C)CC[C@H]2C(C)C)[C@H](/C=C/c2ccccc2)C2=C(N1)c1ccccc1C2=O. The number of hydrogen-bond donors (Lipinski definition) is 1. The van der Waals surface area contributed by atoms with Crippen LogP contribution in [-0.4, -0.2) is 17.9 Å². The molecule has 1 fully saturated rings. The second-order valence-corrected chi connectivity index (χ2v) is 10.8. The number of nitrogens with one attached hydrogen (secondary N) is 1. The van der Waals surface area contributed by atoms with E-state index in [1.54, 1.807) is 0 Å². The average molecular weight is 482 g/mol. The molecule has 186 valence electrons. The predicted octanol–water partition coefficient (Wildman–Crippen LogP) is 6.80. The Balaban J connectivity index is 1.52. The predicted molar refractivity (Wildman–Crippen MR) is 144 cm³/mol. The number of ether oxygens (including phenoxy) is 1. The Morgan fingerprint density at radius 2 is 1.72 bits per heavy atom. The van der Waals surface area contributed by atoms with E-state index in [4.69, 9.17) is 4.74 Å². The molecule has 2 aromatic rings. The van der Waals surface area contributed by atoms with E-state index in [0.29, 0.717) is 34.5 Å².